The van der Waals surface area contributed by atoms with Crippen LogP contribution in [0.3, 0.4) is 0 Å². The fourth-order valence-electron chi connectivity index (χ4n) is 3.41. The molecule has 1 aliphatic heterocycles. The van der Waals surface area contributed by atoms with Crippen LogP contribution >= 0.6 is 11.6 Å². The van der Waals surface area contributed by atoms with Gasteiger partial charge < -0.3 is 9.42 Å². The highest BCUT2D eigenvalue weighted by molar-refractivity contribution is 6.33. The van der Waals surface area contributed by atoms with E-state index in [9.17, 15) is 9.18 Å². The molecule has 1 aromatic carbocycles. The van der Waals surface area contributed by atoms with Gasteiger partial charge in [-0.3, -0.25) is 9.69 Å². The average molecular weight is 402 g/mol. The van der Waals surface area contributed by atoms with Gasteiger partial charge in [-0.25, -0.2) is 9.37 Å². The number of carbonyl (C=O) groups excluding carboxylic acids is 1. The SMILES string of the molecule is Cc1onc(-c2c(F)cccc2Cl)c1C(=O)N1CCN(c2cccc[nH+]2)CC1. The van der Waals surface area contributed by atoms with Crippen molar-refractivity contribution in [2.45, 2.75) is 6.92 Å². The van der Waals surface area contributed by atoms with Crippen molar-refractivity contribution in [2.75, 3.05) is 31.1 Å². The molecule has 28 heavy (non-hydrogen) atoms. The molecule has 0 aliphatic carbocycles. The molecule has 4 rings (SSSR count). The molecule has 0 atom stereocenters. The number of pyridine rings is 1. The lowest BCUT2D eigenvalue weighted by atomic mass is 10.0. The van der Waals surface area contributed by atoms with Gasteiger partial charge in [0.2, 0.25) is 0 Å². The van der Waals surface area contributed by atoms with E-state index in [0.29, 0.717) is 31.9 Å². The number of aromatic nitrogens is 2. The van der Waals surface area contributed by atoms with E-state index >= 15 is 0 Å². The minimum Gasteiger partial charge on any atom is -0.360 e. The molecule has 8 heteroatoms. The summed E-state index contributed by atoms with van der Waals surface area (Å²) >= 11 is 6.17. The molecule has 3 aromatic rings. The van der Waals surface area contributed by atoms with Gasteiger partial charge in [0.15, 0.2) is 0 Å². The number of rotatable bonds is 3. The second kappa shape index (κ2) is 7.59. The van der Waals surface area contributed by atoms with Crippen molar-refractivity contribution in [1.29, 1.82) is 0 Å². The fraction of sp³-hybridized carbons (Fsp3) is 0.250. The first-order chi connectivity index (χ1) is 13.6. The van der Waals surface area contributed by atoms with Crippen LogP contribution in [0.1, 0.15) is 16.1 Å². The molecule has 144 valence electrons. The number of amides is 1. The zero-order valence-electron chi connectivity index (χ0n) is 15.3. The number of aryl methyl sites for hydroxylation is 1. The van der Waals surface area contributed by atoms with E-state index in [0.717, 1.165) is 5.82 Å². The Balaban J connectivity index is 1.58. The van der Waals surface area contributed by atoms with Crippen LogP contribution in [0.5, 0.6) is 0 Å². The number of benzene rings is 1. The molecule has 1 fully saturated rings. The van der Waals surface area contributed by atoms with Crippen LogP contribution in [0.25, 0.3) is 11.3 Å². The minimum atomic E-state index is -0.542. The summed E-state index contributed by atoms with van der Waals surface area (Å²) in [5.41, 5.74) is 0.484. The van der Waals surface area contributed by atoms with Crippen molar-refractivity contribution < 1.29 is 18.7 Å². The summed E-state index contributed by atoms with van der Waals surface area (Å²) < 4.78 is 19.6. The Morgan fingerprint density at radius 2 is 1.96 bits per heavy atom. The van der Waals surface area contributed by atoms with Crippen LogP contribution < -0.4 is 9.88 Å². The van der Waals surface area contributed by atoms with Gasteiger partial charge in [0.25, 0.3) is 11.7 Å². The lowest BCUT2D eigenvalue weighted by molar-refractivity contribution is -0.364. The van der Waals surface area contributed by atoms with Gasteiger partial charge >= 0.3 is 0 Å². The molecular formula is C20H19ClFN4O2+. The number of nitrogens with zero attached hydrogens (tertiary/aromatic N) is 3. The van der Waals surface area contributed by atoms with Crippen molar-refractivity contribution in [3.05, 3.63) is 64.8 Å². The predicted molar refractivity (Wildman–Crippen MR) is 103 cm³/mol. The number of piperazine rings is 1. The summed E-state index contributed by atoms with van der Waals surface area (Å²) in [4.78, 5) is 20.3. The lowest BCUT2D eigenvalue weighted by Gasteiger charge is -2.31. The van der Waals surface area contributed by atoms with Crippen LogP contribution in [-0.4, -0.2) is 42.1 Å². The zero-order chi connectivity index (χ0) is 19.7. The third kappa shape index (κ3) is 3.33. The van der Waals surface area contributed by atoms with Gasteiger partial charge in [-0.2, -0.15) is 0 Å². The molecule has 1 amide bonds. The van der Waals surface area contributed by atoms with Crippen molar-refractivity contribution in [2.24, 2.45) is 0 Å². The Bertz CT molecular complexity index is 980. The van der Waals surface area contributed by atoms with E-state index in [1.54, 1.807) is 17.9 Å². The molecule has 1 saturated heterocycles. The topological polar surface area (TPSA) is 63.7 Å². The van der Waals surface area contributed by atoms with Gasteiger partial charge in [0.05, 0.1) is 29.9 Å². The van der Waals surface area contributed by atoms with Crippen molar-refractivity contribution in [3.63, 3.8) is 0 Å². The van der Waals surface area contributed by atoms with Crippen molar-refractivity contribution in [3.8, 4) is 11.3 Å². The normalized spacial score (nSPS) is 14.4. The average Bonchev–Trinajstić information content (AvgIpc) is 3.09. The Kier molecular flexibility index (Phi) is 5.00. The molecule has 1 N–H and O–H groups in total. The molecule has 0 bridgehead atoms. The van der Waals surface area contributed by atoms with Gasteiger partial charge in [0, 0.05) is 6.07 Å². The highest BCUT2D eigenvalue weighted by Crippen LogP contribution is 2.34. The van der Waals surface area contributed by atoms with E-state index in [4.69, 9.17) is 16.1 Å². The number of nitrogens with one attached hydrogen (secondary N) is 1. The largest absolute Gasteiger partial charge is 0.360 e. The van der Waals surface area contributed by atoms with Crippen LogP contribution in [-0.2, 0) is 0 Å². The number of hydrogen-bond donors (Lipinski definition) is 0. The second-order valence-corrected chi connectivity index (χ2v) is 6.99. The van der Waals surface area contributed by atoms with E-state index in [1.807, 2.05) is 24.4 Å². The summed E-state index contributed by atoms with van der Waals surface area (Å²) in [5, 5.41) is 4.11. The van der Waals surface area contributed by atoms with Gasteiger partial charge in [-0.05, 0) is 25.1 Å². The monoisotopic (exact) mass is 401 g/mol. The van der Waals surface area contributed by atoms with Crippen molar-refractivity contribution in [1.82, 2.24) is 10.1 Å². The van der Waals surface area contributed by atoms with Gasteiger partial charge in [-0.15, -0.1) is 0 Å². The molecule has 2 aromatic heterocycles. The lowest BCUT2D eigenvalue weighted by Crippen LogP contribution is -2.50. The first kappa shape index (κ1) is 18.4. The number of H-pyrrole nitrogens is 1. The first-order valence-corrected chi connectivity index (χ1v) is 9.35. The zero-order valence-corrected chi connectivity index (χ0v) is 16.0. The van der Waals surface area contributed by atoms with E-state index in [-0.39, 0.29) is 27.8 Å². The Morgan fingerprint density at radius 1 is 1.18 bits per heavy atom. The molecule has 1 aliphatic rings. The predicted octanol–water partition coefficient (Wildman–Crippen LogP) is 3.22. The second-order valence-electron chi connectivity index (χ2n) is 6.59. The summed E-state index contributed by atoms with van der Waals surface area (Å²) in [7, 11) is 0. The molecule has 0 saturated carbocycles. The highest BCUT2D eigenvalue weighted by Gasteiger charge is 2.32. The third-order valence-electron chi connectivity index (χ3n) is 4.88. The fourth-order valence-corrected chi connectivity index (χ4v) is 3.66. The summed E-state index contributed by atoms with van der Waals surface area (Å²) in [6, 6.07) is 10.2. The van der Waals surface area contributed by atoms with Crippen LogP contribution in [0.2, 0.25) is 5.02 Å². The Hall–Kier alpha value is -2.93. The third-order valence-corrected chi connectivity index (χ3v) is 5.19. The molecule has 6 nitrogen and oxygen atoms in total. The van der Waals surface area contributed by atoms with Gasteiger partial charge in [0.1, 0.15) is 35.9 Å². The van der Waals surface area contributed by atoms with E-state index < -0.39 is 5.82 Å². The highest BCUT2D eigenvalue weighted by atomic mass is 35.5. The maximum Gasteiger partial charge on any atom is 0.274 e. The van der Waals surface area contributed by atoms with Crippen LogP contribution in [0, 0.1) is 12.7 Å². The molecule has 0 unspecified atom stereocenters. The molecular weight excluding hydrogens is 383 g/mol. The van der Waals surface area contributed by atoms with E-state index in [1.165, 1.54) is 12.1 Å². The minimum absolute atomic E-state index is 0.0851. The Morgan fingerprint density at radius 3 is 2.64 bits per heavy atom. The van der Waals surface area contributed by atoms with Crippen LogP contribution in [0.15, 0.2) is 47.1 Å². The molecule has 0 radical (unpaired) electrons. The van der Waals surface area contributed by atoms with Crippen LogP contribution in [0.4, 0.5) is 10.2 Å². The quantitative estimate of drug-likeness (QED) is 0.676. The van der Waals surface area contributed by atoms with E-state index in [2.05, 4.69) is 15.0 Å². The summed E-state index contributed by atoms with van der Waals surface area (Å²) in [6.45, 7) is 4.10. The number of hydrogen-bond acceptors (Lipinski definition) is 4. The van der Waals surface area contributed by atoms with Gasteiger partial charge in [-0.1, -0.05) is 28.9 Å². The summed E-state index contributed by atoms with van der Waals surface area (Å²) in [6.07, 6.45) is 1.87. The standard InChI is InChI=1S/C20H18ClFN4O2/c1-13-17(19(24-28-13)18-14(21)5-4-6-15(18)22)20(27)26-11-9-25(10-12-26)16-7-2-3-8-23-16/h2-8H,9-12H2,1H3/p+1. The maximum atomic E-state index is 14.4. The number of halogens is 2. The molecule has 0 spiro atoms. The molecule has 3 heterocycles. The number of anilines is 1. The summed E-state index contributed by atoms with van der Waals surface area (Å²) in [5.74, 6) is 0.580. The first-order valence-electron chi connectivity index (χ1n) is 8.98. The Labute approximate surface area is 166 Å². The maximum absolute atomic E-state index is 14.4. The number of carbonyl (C=O) groups is 1. The smallest absolute Gasteiger partial charge is 0.274 e. The van der Waals surface area contributed by atoms with Crippen molar-refractivity contribution >= 4 is 23.3 Å². The number of aromatic amines is 1.